The van der Waals surface area contributed by atoms with Crippen molar-refractivity contribution < 1.29 is 14.5 Å². The molecule has 0 radical (unpaired) electrons. The molecule has 0 heterocycles. The van der Waals surface area contributed by atoms with Crippen LogP contribution >= 0.6 is 11.6 Å². The Balaban J connectivity index is 1.74. The van der Waals surface area contributed by atoms with E-state index in [-0.39, 0.29) is 28.7 Å². The van der Waals surface area contributed by atoms with Gasteiger partial charge in [-0.25, -0.2) is 0 Å². The second-order valence-corrected chi connectivity index (χ2v) is 7.37. The molecule has 0 unspecified atom stereocenters. The van der Waals surface area contributed by atoms with Gasteiger partial charge in [-0.3, -0.25) is 14.9 Å². The third kappa shape index (κ3) is 4.48. The number of esters is 1. The molecule has 2 aromatic rings. The Bertz CT molecular complexity index is 824. The Morgan fingerprint density at radius 2 is 1.89 bits per heavy atom. The number of hydrogen-bond donors (Lipinski definition) is 0. The van der Waals surface area contributed by atoms with Gasteiger partial charge in [0.15, 0.2) is 0 Å². The van der Waals surface area contributed by atoms with Gasteiger partial charge in [0.1, 0.15) is 6.10 Å². The molecule has 1 aliphatic rings. The molecular weight excluding hydrogens is 366 g/mol. The predicted molar refractivity (Wildman–Crippen MR) is 104 cm³/mol. The first-order valence-electron chi connectivity index (χ1n) is 9.16. The number of non-ortho nitro benzene ring substituents is 1. The fourth-order valence-electron chi connectivity index (χ4n) is 3.68. The van der Waals surface area contributed by atoms with Crippen molar-refractivity contribution in [2.24, 2.45) is 0 Å². The van der Waals surface area contributed by atoms with E-state index >= 15 is 0 Å². The number of nitro benzene ring substituents is 1. The summed E-state index contributed by atoms with van der Waals surface area (Å²) in [7, 11) is 0. The first kappa shape index (κ1) is 19.4. The van der Waals surface area contributed by atoms with Gasteiger partial charge in [-0.1, -0.05) is 48.4 Å². The summed E-state index contributed by atoms with van der Waals surface area (Å²) in [5, 5.41) is 11.1. The number of carbonyl (C=O) groups is 1. The lowest BCUT2D eigenvalue weighted by Gasteiger charge is -2.32. The first-order chi connectivity index (χ1) is 13.0. The van der Waals surface area contributed by atoms with E-state index in [0.717, 1.165) is 25.7 Å². The van der Waals surface area contributed by atoms with Crippen molar-refractivity contribution in [2.45, 2.75) is 50.5 Å². The number of rotatable bonds is 5. The van der Waals surface area contributed by atoms with Crippen LogP contribution in [0.25, 0.3) is 0 Å². The lowest BCUT2D eigenvalue weighted by molar-refractivity contribution is -0.384. The molecule has 142 valence electrons. The summed E-state index contributed by atoms with van der Waals surface area (Å²) in [6.07, 6.45) is 3.83. The lowest BCUT2D eigenvalue weighted by atomic mass is 9.81. The van der Waals surface area contributed by atoms with Crippen LogP contribution in [-0.4, -0.2) is 17.0 Å². The van der Waals surface area contributed by atoms with Crippen molar-refractivity contribution >= 4 is 23.3 Å². The molecular formula is C21H22ClNO4. The number of nitro groups is 1. The van der Waals surface area contributed by atoms with E-state index in [4.69, 9.17) is 16.3 Å². The van der Waals surface area contributed by atoms with Gasteiger partial charge in [0, 0.05) is 18.1 Å². The standard InChI is InChI=1S/C21H22ClNO4/c1-14(17-12-11-16(23(25)26)13-19(17)22)21(24)27-20-10-6-5-9-18(20)15-7-3-2-4-8-15/h2-4,7-8,11-14,18,20H,5-6,9-10H2,1H3/t14-,18+,20-/m1/s1. The second kappa shape index (κ2) is 8.53. The van der Waals surface area contributed by atoms with Crippen LogP contribution in [0.1, 0.15) is 55.6 Å². The van der Waals surface area contributed by atoms with Crippen LogP contribution in [0.3, 0.4) is 0 Å². The number of halogens is 1. The molecule has 3 rings (SSSR count). The molecule has 3 atom stereocenters. The maximum Gasteiger partial charge on any atom is 0.313 e. The fraction of sp³-hybridized carbons (Fsp3) is 0.381. The van der Waals surface area contributed by atoms with Gasteiger partial charge >= 0.3 is 5.97 Å². The smallest absolute Gasteiger partial charge is 0.313 e. The molecule has 0 spiro atoms. The molecule has 1 fully saturated rings. The van der Waals surface area contributed by atoms with Crippen LogP contribution < -0.4 is 0 Å². The SMILES string of the molecule is C[C@@H](C(=O)O[C@@H]1CCCC[C@H]1c1ccccc1)c1ccc([N+](=O)[O-])cc1Cl. The zero-order valence-electron chi connectivity index (χ0n) is 15.1. The summed E-state index contributed by atoms with van der Waals surface area (Å²) in [4.78, 5) is 23.1. The highest BCUT2D eigenvalue weighted by molar-refractivity contribution is 6.31. The number of benzene rings is 2. The monoisotopic (exact) mass is 387 g/mol. The van der Waals surface area contributed by atoms with Crippen LogP contribution in [0.5, 0.6) is 0 Å². The third-order valence-electron chi connectivity index (χ3n) is 5.21. The van der Waals surface area contributed by atoms with E-state index in [1.54, 1.807) is 6.92 Å². The van der Waals surface area contributed by atoms with Crippen LogP contribution in [0.4, 0.5) is 5.69 Å². The van der Waals surface area contributed by atoms with Gasteiger partial charge < -0.3 is 4.74 Å². The summed E-state index contributed by atoms with van der Waals surface area (Å²) in [5.41, 5.74) is 1.64. The molecule has 0 bridgehead atoms. The summed E-state index contributed by atoms with van der Waals surface area (Å²) in [5.74, 6) is -0.737. The number of hydrogen-bond acceptors (Lipinski definition) is 4. The van der Waals surface area contributed by atoms with Gasteiger partial charge in [-0.15, -0.1) is 0 Å². The first-order valence-corrected chi connectivity index (χ1v) is 9.54. The zero-order chi connectivity index (χ0) is 19.4. The molecule has 1 aliphatic carbocycles. The lowest BCUT2D eigenvalue weighted by Crippen LogP contribution is -2.30. The Labute approximate surface area is 163 Å². The third-order valence-corrected chi connectivity index (χ3v) is 5.54. The molecule has 0 aliphatic heterocycles. The highest BCUT2D eigenvalue weighted by Gasteiger charge is 2.31. The van der Waals surface area contributed by atoms with E-state index in [2.05, 4.69) is 12.1 Å². The quantitative estimate of drug-likeness (QED) is 0.379. The number of nitrogens with zero attached hydrogens (tertiary/aromatic N) is 1. The van der Waals surface area contributed by atoms with Gasteiger partial charge in [0.2, 0.25) is 0 Å². The van der Waals surface area contributed by atoms with E-state index in [0.29, 0.717) is 5.56 Å². The van der Waals surface area contributed by atoms with Crippen LogP contribution in [0.2, 0.25) is 5.02 Å². The Hall–Kier alpha value is -2.40. The van der Waals surface area contributed by atoms with Crippen molar-refractivity contribution in [3.8, 4) is 0 Å². The van der Waals surface area contributed by atoms with Crippen molar-refractivity contribution in [2.75, 3.05) is 0 Å². The van der Waals surface area contributed by atoms with Crippen molar-refractivity contribution in [3.63, 3.8) is 0 Å². The van der Waals surface area contributed by atoms with Crippen molar-refractivity contribution in [1.82, 2.24) is 0 Å². The molecule has 5 nitrogen and oxygen atoms in total. The molecule has 6 heteroatoms. The summed E-state index contributed by atoms with van der Waals surface area (Å²) >= 11 is 6.17. The summed E-state index contributed by atoms with van der Waals surface area (Å²) in [6, 6.07) is 14.3. The van der Waals surface area contributed by atoms with Crippen LogP contribution in [-0.2, 0) is 9.53 Å². The average Bonchev–Trinajstić information content (AvgIpc) is 2.68. The highest BCUT2D eigenvalue weighted by atomic mass is 35.5. The Morgan fingerprint density at radius 1 is 1.19 bits per heavy atom. The van der Waals surface area contributed by atoms with Crippen molar-refractivity contribution in [3.05, 3.63) is 74.8 Å². The van der Waals surface area contributed by atoms with Crippen molar-refractivity contribution in [1.29, 1.82) is 0 Å². The number of ether oxygens (including phenoxy) is 1. The minimum absolute atomic E-state index is 0.0965. The minimum Gasteiger partial charge on any atom is -0.461 e. The molecule has 0 saturated heterocycles. The van der Waals surface area contributed by atoms with E-state index in [1.165, 1.54) is 23.8 Å². The van der Waals surface area contributed by atoms with Crippen LogP contribution in [0, 0.1) is 10.1 Å². The zero-order valence-corrected chi connectivity index (χ0v) is 15.9. The molecule has 0 amide bonds. The maximum atomic E-state index is 12.7. The maximum absolute atomic E-state index is 12.7. The van der Waals surface area contributed by atoms with Gasteiger partial charge in [0.05, 0.1) is 15.9 Å². The highest BCUT2D eigenvalue weighted by Crippen LogP contribution is 2.36. The molecule has 0 aromatic heterocycles. The summed E-state index contributed by atoms with van der Waals surface area (Å²) in [6.45, 7) is 1.72. The topological polar surface area (TPSA) is 69.4 Å². The fourth-order valence-corrected chi connectivity index (χ4v) is 4.02. The normalized spacial score (nSPS) is 20.7. The van der Waals surface area contributed by atoms with Crippen LogP contribution in [0.15, 0.2) is 48.5 Å². The average molecular weight is 388 g/mol. The molecule has 27 heavy (non-hydrogen) atoms. The van der Waals surface area contributed by atoms with Gasteiger partial charge in [-0.2, -0.15) is 0 Å². The largest absolute Gasteiger partial charge is 0.461 e. The summed E-state index contributed by atoms with van der Waals surface area (Å²) < 4.78 is 5.88. The van der Waals surface area contributed by atoms with Gasteiger partial charge in [-0.05, 0) is 43.4 Å². The minimum atomic E-state index is -0.586. The van der Waals surface area contributed by atoms with E-state index in [1.807, 2.05) is 18.2 Å². The Kier molecular flexibility index (Phi) is 6.11. The molecule has 2 aromatic carbocycles. The second-order valence-electron chi connectivity index (χ2n) is 6.96. The molecule has 0 N–H and O–H groups in total. The molecule has 1 saturated carbocycles. The Morgan fingerprint density at radius 3 is 2.56 bits per heavy atom. The van der Waals surface area contributed by atoms with E-state index < -0.39 is 10.8 Å². The van der Waals surface area contributed by atoms with E-state index in [9.17, 15) is 14.9 Å². The van der Waals surface area contributed by atoms with Gasteiger partial charge in [0.25, 0.3) is 5.69 Å². The number of carbonyl (C=O) groups excluding carboxylic acids is 1. The predicted octanol–water partition coefficient (Wildman–Crippen LogP) is 5.62.